The fraction of sp³-hybridized carbons (Fsp3) is 0.364. The van der Waals surface area contributed by atoms with Gasteiger partial charge in [0.15, 0.2) is 5.11 Å². The van der Waals surface area contributed by atoms with Gasteiger partial charge in [0.25, 0.3) is 0 Å². The van der Waals surface area contributed by atoms with E-state index in [1.165, 1.54) is 0 Å². The molecule has 0 saturated heterocycles. The number of nitrogens with one attached hydrogen (secondary N) is 2. The zero-order valence-corrected chi connectivity index (χ0v) is 12.2. The topological polar surface area (TPSA) is 84.2 Å². The molecule has 5 nitrogen and oxygen atoms in total. The van der Waals surface area contributed by atoms with Gasteiger partial charge in [-0.3, -0.25) is 0 Å². The van der Waals surface area contributed by atoms with Crippen LogP contribution in [0.5, 0.6) is 0 Å². The van der Waals surface area contributed by atoms with Gasteiger partial charge in [-0.15, -0.1) is 0 Å². The number of benzene rings is 1. The van der Waals surface area contributed by atoms with E-state index in [1.54, 1.807) is 25.1 Å². The second kappa shape index (κ2) is 5.64. The lowest BCUT2D eigenvalue weighted by Crippen LogP contribution is -2.47. The van der Waals surface area contributed by atoms with Crippen molar-refractivity contribution in [2.24, 2.45) is 5.73 Å². The monoisotopic (exact) mass is 287 g/mol. The van der Waals surface area contributed by atoms with Crippen molar-refractivity contribution in [3.8, 4) is 0 Å². The summed E-state index contributed by atoms with van der Waals surface area (Å²) in [4.78, 5) is 0.224. The maximum absolute atomic E-state index is 12.1. The standard InChI is InChI=1S/C11H17N3O2S2/c1-7-4-5-10(6-8(7)2)18(15,16)14-9(3)13-11(12)17/h4-6,9,14H,1-3H3,(H3,12,13,17). The average Bonchev–Trinajstić information content (AvgIpc) is 2.19. The van der Waals surface area contributed by atoms with E-state index in [0.29, 0.717) is 0 Å². The van der Waals surface area contributed by atoms with Crippen molar-refractivity contribution in [1.82, 2.24) is 10.0 Å². The van der Waals surface area contributed by atoms with Gasteiger partial charge >= 0.3 is 0 Å². The van der Waals surface area contributed by atoms with Gasteiger partial charge in [-0.2, -0.15) is 4.72 Å². The predicted molar refractivity (Wildman–Crippen MR) is 75.6 cm³/mol. The lowest BCUT2D eigenvalue weighted by molar-refractivity contribution is 0.551. The van der Waals surface area contributed by atoms with E-state index < -0.39 is 16.2 Å². The first kappa shape index (κ1) is 14.9. The van der Waals surface area contributed by atoms with Gasteiger partial charge in [-0.1, -0.05) is 6.07 Å². The second-order valence-corrected chi connectivity index (χ2v) is 6.25. The third kappa shape index (κ3) is 3.94. The molecule has 7 heteroatoms. The highest BCUT2D eigenvalue weighted by molar-refractivity contribution is 7.89. The van der Waals surface area contributed by atoms with Crippen LogP contribution in [-0.4, -0.2) is 19.7 Å². The Bertz CT molecular complexity index is 555. The number of hydrogen-bond donors (Lipinski definition) is 3. The highest BCUT2D eigenvalue weighted by Gasteiger charge is 2.17. The second-order valence-electron chi connectivity index (χ2n) is 4.10. The van der Waals surface area contributed by atoms with Crippen molar-refractivity contribution in [3.05, 3.63) is 29.3 Å². The molecule has 100 valence electrons. The molecule has 0 heterocycles. The van der Waals surface area contributed by atoms with Crippen molar-refractivity contribution >= 4 is 27.4 Å². The molecular formula is C11H17N3O2S2. The van der Waals surface area contributed by atoms with Crippen LogP contribution < -0.4 is 15.8 Å². The highest BCUT2D eigenvalue weighted by Crippen LogP contribution is 2.14. The Labute approximate surface area is 113 Å². The molecule has 0 spiro atoms. The minimum Gasteiger partial charge on any atom is -0.376 e. The summed E-state index contributed by atoms with van der Waals surface area (Å²) in [5.41, 5.74) is 7.25. The molecule has 0 saturated carbocycles. The number of sulfonamides is 1. The lowest BCUT2D eigenvalue weighted by Gasteiger charge is -2.16. The molecule has 1 atom stereocenters. The van der Waals surface area contributed by atoms with E-state index in [2.05, 4.69) is 22.3 Å². The van der Waals surface area contributed by atoms with E-state index >= 15 is 0 Å². The fourth-order valence-corrected chi connectivity index (χ4v) is 2.84. The minimum absolute atomic E-state index is 0.0466. The van der Waals surface area contributed by atoms with Crippen LogP contribution in [-0.2, 0) is 10.0 Å². The molecule has 0 fully saturated rings. The molecule has 18 heavy (non-hydrogen) atoms. The van der Waals surface area contributed by atoms with E-state index in [0.717, 1.165) is 11.1 Å². The first-order valence-corrected chi connectivity index (χ1v) is 7.27. The van der Waals surface area contributed by atoms with Crippen molar-refractivity contribution in [2.45, 2.75) is 31.8 Å². The minimum atomic E-state index is -3.57. The van der Waals surface area contributed by atoms with Crippen molar-refractivity contribution in [2.75, 3.05) is 0 Å². The Hall–Kier alpha value is -1.18. The summed E-state index contributed by atoms with van der Waals surface area (Å²) >= 11 is 4.65. The summed E-state index contributed by atoms with van der Waals surface area (Å²) < 4.78 is 26.5. The lowest BCUT2D eigenvalue weighted by atomic mass is 10.1. The summed E-state index contributed by atoms with van der Waals surface area (Å²) in [6, 6.07) is 4.97. The Kier molecular flexibility index (Phi) is 4.66. The predicted octanol–water partition coefficient (Wildman–Crippen LogP) is 0.761. The zero-order chi connectivity index (χ0) is 13.9. The summed E-state index contributed by atoms with van der Waals surface area (Å²) in [7, 11) is -3.57. The molecule has 0 aliphatic heterocycles. The molecule has 1 aromatic rings. The largest absolute Gasteiger partial charge is 0.376 e. The van der Waals surface area contributed by atoms with Gasteiger partial charge in [-0.05, 0) is 56.2 Å². The van der Waals surface area contributed by atoms with Crippen molar-refractivity contribution < 1.29 is 8.42 Å². The van der Waals surface area contributed by atoms with Crippen molar-refractivity contribution in [1.29, 1.82) is 0 Å². The summed E-state index contributed by atoms with van der Waals surface area (Å²) in [6.45, 7) is 5.42. The average molecular weight is 287 g/mol. The molecule has 0 amide bonds. The van der Waals surface area contributed by atoms with E-state index in [4.69, 9.17) is 5.73 Å². The number of aryl methyl sites for hydroxylation is 2. The molecule has 0 aliphatic carbocycles. The number of hydrogen-bond acceptors (Lipinski definition) is 3. The smallest absolute Gasteiger partial charge is 0.242 e. The molecule has 1 aromatic carbocycles. The Morgan fingerprint density at radius 3 is 2.44 bits per heavy atom. The molecule has 1 unspecified atom stereocenters. The third-order valence-corrected chi connectivity index (χ3v) is 4.14. The van der Waals surface area contributed by atoms with Crippen LogP contribution >= 0.6 is 12.2 Å². The molecular weight excluding hydrogens is 270 g/mol. The molecule has 1 rings (SSSR count). The van der Waals surface area contributed by atoms with Crippen LogP contribution in [0.2, 0.25) is 0 Å². The Balaban J connectivity index is 2.92. The van der Waals surface area contributed by atoms with Crippen LogP contribution in [0, 0.1) is 13.8 Å². The fourth-order valence-electron chi connectivity index (χ4n) is 1.42. The van der Waals surface area contributed by atoms with E-state index in [-0.39, 0.29) is 10.0 Å². The highest BCUT2D eigenvalue weighted by atomic mass is 32.2. The first-order chi connectivity index (χ1) is 8.22. The van der Waals surface area contributed by atoms with Crippen LogP contribution in [0.3, 0.4) is 0 Å². The van der Waals surface area contributed by atoms with Gasteiger partial charge in [0.05, 0.1) is 11.1 Å². The zero-order valence-electron chi connectivity index (χ0n) is 10.5. The molecule has 0 aromatic heterocycles. The molecule has 0 radical (unpaired) electrons. The van der Waals surface area contributed by atoms with Crippen LogP contribution in [0.15, 0.2) is 23.1 Å². The van der Waals surface area contributed by atoms with Crippen LogP contribution in [0.4, 0.5) is 0 Å². The number of thiocarbonyl (C=S) groups is 1. The maximum Gasteiger partial charge on any atom is 0.242 e. The van der Waals surface area contributed by atoms with Gasteiger partial charge < -0.3 is 11.1 Å². The molecule has 4 N–H and O–H groups in total. The summed E-state index contributed by atoms with van der Waals surface area (Å²) in [5, 5.41) is 2.66. The van der Waals surface area contributed by atoms with E-state index in [1.807, 2.05) is 13.8 Å². The molecule has 0 aliphatic rings. The normalized spacial score (nSPS) is 13.1. The van der Waals surface area contributed by atoms with Gasteiger partial charge in [-0.25, -0.2) is 8.42 Å². The van der Waals surface area contributed by atoms with Gasteiger partial charge in [0, 0.05) is 0 Å². The maximum atomic E-state index is 12.1. The Morgan fingerprint density at radius 2 is 1.94 bits per heavy atom. The third-order valence-electron chi connectivity index (χ3n) is 2.48. The quantitative estimate of drug-likeness (QED) is 0.562. The SMILES string of the molecule is Cc1ccc(S(=O)(=O)NC(C)NC(N)=S)cc1C. The molecule has 0 bridgehead atoms. The number of nitrogens with two attached hydrogens (primary N) is 1. The van der Waals surface area contributed by atoms with Crippen molar-refractivity contribution in [3.63, 3.8) is 0 Å². The Morgan fingerprint density at radius 1 is 1.33 bits per heavy atom. The van der Waals surface area contributed by atoms with Crippen LogP contribution in [0.25, 0.3) is 0 Å². The first-order valence-electron chi connectivity index (χ1n) is 5.38. The van der Waals surface area contributed by atoms with E-state index in [9.17, 15) is 8.42 Å². The van der Waals surface area contributed by atoms with Gasteiger partial charge in [0.1, 0.15) is 0 Å². The summed E-state index contributed by atoms with van der Waals surface area (Å²) in [6.07, 6.45) is -0.561. The van der Waals surface area contributed by atoms with Gasteiger partial charge in [0.2, 0.25) is 10.0 Å². The summed E-state index contributed by atoms with van der Waals surface area (Å²) in [5.74, 6) is 0. The van der Waals surface area contributed by atoms with Crippen LogP contribution in [0.1, 0.15) is 18.1 Å². The number of rotatable bonds is 4.